The van der Waals surface area contributed by atoms with E-state index in [2.05, 4.69) is 38.2 Å². The van der Waals surface area contributed by atoms with Gasteiger partial charge in [0.1, 0.15) is 0 Å². The number of nitrogens with two attached hydrogens (primary N) is 1. The normalized spacial score (nSPS) is 19.6. The lowest BCUT2D eigenvalue weighted by Gasteiger charge is -2.21. The molecule has 1 aliphatic rings. The number of nitrogens with one attached hydrogen (secondary N) is 1. The number of hydrogen-bond donors (Lipinski definition) is 2. The van der Waals surface area contributed by atoms with Crippen LogP contribution in [0.1, 0.15) is 12.8 Å². The quantitative estimate of drug-likeness (QED) is 0.847. The Kier molecular flexibility index (Phi) is 3.81. The van der Waals surface area contributed by atoms with Gasteiger partial charge in [-0.1, -0.05) is 0 Å². The summed E-state index contributed by atoms with van der Waals surface area (Å²) < 4.78 is 0.948. The Bertz CT molecular complexity index is 629. The number of likely N-dealkylation sites (N-methyl/N-ethyl adjacent to an activating group) is 1. The second-order valence-corrected chi connectivity index (χ2v) is 6.33. The maximum atomic E-state index is 6.04. The molecule has 3 N–H and O–H groups in total. The Morgan fingerprint density at radius 3 is 3.10 bits per heavy atom. The highest BCUT2D eigenvalue weighted by Gasteiger charge is 2.20. The third-order valence-corrected chi connectivity index (χ3v) is 4.48. The summed E-state index contributed by atoms with van der Waals surface area (Å²) in [5.41, 5.74) is 8.80. The highest BCUT2D eigenvalue weighted by atomic mass is 79.9. The molecule has 1 fully saturated rings. The summed E-state index contributed by atoms with van der Waals surface area (Å²) in [5.74, 6) is 0. The first-order valence-corrected chi connectivity index (χ1v) is 7.72. The van der Waals surface area contributed by atoms with Gasteiger partial charge in [0.25, 0.3) is 0 Å². The maximum Gasteiger partial charge on any atom is 0.0954 e. The molecule has 3 rings (SSSR count). The Hall–Kier alpha value is -1.33. The average molecular weight is 335 g/mol. The molecule has 2 aromatic rings. The van der Waals surface area contributed by atoms with Crippen molar-refractivity contribution in [1.82, 2.24) is 9.88 Å². The Balaban J connectivity index is 1.86. The lowest BCUT2D eigenvalue weighted by molar-refractivity contribution is 0.322. The number of fused-ring (bicyclic) bond motifs is 1. The zero-order valence-electron chi connectivity index (χ0n) is 11.6. The van der Waals surface area contributed by atoms with Crippen molar-refractivity contribution in [3.63, 3.8) is 0 Å². The molecule has 0 aliphatic carbocycles. The van der Waals surface area contributed by atoms with Crippen LogP contribution in [0.2, 0.25) is 0 Å². The van der Waals surface area contributed by atoms with Crippen LogP contribution in [-0.4, -0.2) is 36.1 Å². The Morgan fingerprint density at radius 2 is 2.35 bits per heavy atom. The van der Waals surface area contributed by atoms with Gasteiger partial charge in [-0.15, -0.1) is 0 Å². The van der Waals surface area contributed by atoms with Crippen LogP contribution in [0.15, 0.2) is 28.9 Å². The summed E-state index contributed by atoms with van der Waals surface area (Å²) in [5, 5.41) is 4.52. The number of halogens is 1. The number of rotatable bonds is 3. The minimum Gasteiger partial charge on any atom is -0.398 e. The molecule has 2 heterocycles. The van der Waals surface area contributed by atoms with Crippen LogP contribution >= 0.6 is 15.9 Å². The zero-order chi connectivity index (χ0) is 14.1. The van der Waals surface area contributed by atoms with E-state index in [1.54, 1.807) is 0 Å². The fourth-order valence-corrected chi connectivity index (χ4v) is 3.15. The fourth-order valence-electron chi connectivity index (χ4n) is 2.82. The second kappa shape index (κ2) is 5.58. The smallest absolute Gasteiger partial charge is 0.0954 e. The molecular weight excluding hydrogens is 316 g/mol. The summed E-state index contributed by atoms with van der Waals surface area (Å²) in [6, 6.07) is 6.59. The number of benzene rings is 1. The van der Waals surface area contributed by atoms with Gasteiger partial charge in [0.15, 0.2) is 0 Å². The van der Waals surface area contributed by atoms with E-state index in [0.717, 1.165) is 33.3 Å². The molecule has 1 unspecified atom stereocenters. The molecular formula is C15H19BrN4. The van der Waals surface area contributed by atoms with Crippen molar-refractivity contribution in [2.24, 2.45) is 0 Å². The van der Waals surface area contributed by atoms with Gasteiger partial charge in [0.2, 0.25) is 0 Å². The van der Waals surface area contributed by atoms with E-state index in [1.807, 2.05) is 24.4 Å². The molecule has 106 valence electrons. The van der Waals surface area contributed by atoms with Gasteiger partial charge in [0, 0.05) is 34.3 Å². The van der Waals surface area contributed by atoms with Crippen LogP contribution in [0.25, 0.3) is 10.9 Å². The molecule has 0 amide bonds. The van der Waals surface area contributed by atoms with Gasteiger partial charge >= 0.3 is 0 Å². The summed E-state index contributed by atoms with van der Waals surface area (Å²) in [7, 11) is 2.19. The SMILES string of the molecule is CN1CCCC1CNc1ccc(N)c2cc(Br)cnc12. The molecule has 20 heavy (non-hydrogen) atoms. The van der Waals surface area contributed by atoms with Crippen molar-refractivity contribution in [3.8, 4) is 0 Å². The number of pyridine rings is 1. The zero-order valence-corrected chi connectivity index (χ0v) is 13.2. The molecule has 0 saturated carbocycles. The van der Waals surface area contributed by atoms with Gasteiger partial charge in [-0.25, -0.2) is 0 Å². The summed E-state index contributed by atoms with van der Waals surface area (Å²) in [6.45, 7) is 2.15. The molecule has 0 bridgehead atoms. The molecule has 0 spiro atoms. The number of likely N-dealkylation sites (tertiary alicyclic amines) is 1. The standard InChI is InChI=1S/C15H19BrN4/c1-20-6-2-3-11(20)9-18-14-5-4-13(17)12-7-10(16)8-19-15(12)14/h4-5,7-8,11,18H,2-3,6,9,17H2,1H3. The van der Waals surface area contributed by atoms with Crippen LogP contribution < -0.4 is 11.1 Å². The van der Waals surface area contributed by atoms with Crippen LogP contribution in [0.4, 0.5) is 11.4 Å². The topological polar surface area (TPSA) is 54.2 Å². The van der Waals surface area contributed by atoms with Crippen LogP contribution in [0.5, 0.6) is 0 Å². The summed E-state index contributed by atoms with van der Waals surface area (Å²) in [4.78, 5) is 6.92. The predicted octanol–water partition coefficient (Wildman–Crippen LogP) is 3.09. The molecule has 4 nitrogen and oxygen atoms in total. The van der Waals surface area contributed by atoms with E-state index in [1.165, 1.54) is 19.4 Å². The van der Waals surface area contributed by atoms with Crippen molar-refractivity contribution in [3.05, 3.63) is 28.9 Å². The lowest BCUT2D eigenvalue weighted by Crippen LogP contribution is -2.31. The van der Waals surface area contributed by atoms with Crippen LogP contribution in [0.3, 0.4) is 0 Å². The second-order valence-electron chi connectivity index (χ2n) is 5.41. The molecule has 1 aliphatic heterocycles. The molecule has 5 heteroatoms. The summed E-state index contributed by atoms with van der Waals surface area (Å²) in [6.07, 6.45) is 4.36. The van der Waals surface area contributed by atoms with Gasteiger partial charge in [0.05, 0.1) is 11.2 Å². The minimum atomic E-state index is 0.609. The Labute approximate surface area is 127 Å². The third-order valence-electron chi connectivity index (χ3n) is 4.05. The predicted molar refractivity (Wildman–Crippen MR) is 88.0 cm³/mol. The van der Waals surface area contributed by atoms with E-state index < -0.39 is 0 Å². The maximum absolute atomic E-state index is 6.04. The summed E-state index contributed by atoms with van der Waals surface area (Å²) >= 11 is 3.45. The molecule has 0 radical (unpaired) electrons. The number of nitrogens with zero attached hydrogens (tertiary/aromatic N) is 2. The monoisotopic (exact) mass is 334 g/mol. The van der Waals surface area contributed by atoms with Crippen LogP contribution in [0, 0.1) is 0 Å². The fraction of sp³-hybridized carbons (Fsp3) is 0.400. The minimum absolute atomic E-state index is 0.609. The van der Waals surface area contributed by atoms with Crippen molar-refractivity contribution in [2.75, 3.05) is 31.2 Å². The van der Waals surface area contributed by atoms with Crippen molar-refractivity contribution < 1.29 is 0 Å². The Morgan fingerprint density at radius 1 is 1.50 bits per heavy atom. The van der Waals surface area contributed by atoms with Crippen molar-refractivity contribution in [2.45, 2.75) is 18.9 Å². The molecule has 1 saturated heterocycles. The van der Waals surface area contributed by atoms with E-state index in [0.29, 0.717) is 6.04 Å². The molecule has 1 atom stereocenters. The first kappa shape index (κ1) is 13.6. The van der Waals surface area contributed by atoms with E-state index in [-0.39, 0.29) is 0 Å². The van der Waals surface area contributed by atoms with Gasteiger partial charge in [-0.3, -0.25) is 4.98 Å². The van der Waals surface area contributed by atoms with E-state index >= 15 is 0 Å². The number of nitrogen functional groups attached to an aromatic ring is 1. The lowest BCUT2D eigenvalue weighted by atomic mass is 10.1. The first-order valence-electron chi connectivity index (χ1n) is 6.93. The highest BCUT2D eigenvalue weighted by molar-refractivity contribution is 9.10. The number of anilines is 2. The van der Waals surface area contributed by atoms with Crippen LogP contribution in [-0.2, 0) is 0 Å². The van der Waals surface area contributed by atoms with Gasteiger partial charge in [-0.2, -0.15) is 0 Å². The number of aromatic nitrogens is 1. The molecule has 1 aromatic carbocycles. The average Bonchev–Trinajstić information content (AvgIpc) is 2.84. The first-order chi connectivity index (χ1) is 9.65. The van der Waals surface area contributed by atoms with E-state index in [4.69, 9.17) is 5.73 Å². The largest absolute Gasteiger partial charge is 0.398 e. The highest BCUT2D eigenvalue weighted by Crippen LogP contribution is 2.29. The molecule has 1 aromatic heterocycles. The third kappa shape index (κ3) is 2.60. The number of hydrogen-bond acceptors (Lipinski definition) is 4. The van der Waals surface area contributed by atoms with E-state index in [9.17, 15) is 0 Å². The van der Waals surface area contributed by atoms with Gasteiger partial charge in [-0.05, 0) is 60.6 Å². The van der Waals surface area contributed by atoms with Crippen molar-refractivity contribution >= 4 is 38.2 Å². The van der Waals surface area contributed by atoms with Gasteiger partial charge < -0.3 is 16.0 Å². The van der Waals surface area contributed by atoms with Crippen molar-refractivity contribution in [1.29, 1.82) is 0 Å².